The fourth-order valence-corrected chi connectivity index (χ4v) is 5.49. The molecule has 0 unspecified atom stereocenters. The number of hydrogen-bond donors (Lipinski definition) is 3. The largest absolute Gasteiger partial charge is 0.492 e. The van der Waals surface area contributed by atoms with Crippen LogP contribution in [0.1, 0.15) is 24.8 Å². The van der Waals surface area contributed by atoms with Gasteiger partial charge in [-0.05, 0) is 74.3 Å². The highest BCUT2D eigenvalue weighted by Gasteiger charge is 2.18. The summed E-state index contributed by atoms with van der Waals surface area (Å²) < 4.78 is 20.6. The van der Waals surface area contributed by atoms with E-state index in [0.29, 0.717) is 40.6 Å². The number of nitrogens with one attached hydrogen (secondary N) is 3. The highest BCUT2D eigenvalue weighted by Crippen LogP contribution is 2.33. The summed E-state index contributed by atoms with van der Waals surface area (Å²) in [6, 6.07) is 8.70. The number of nitrogens with zero attached hydrogens (tertiary/aromatic N) is 5. The average Bonchev–Trinajstić information content (AvgIpc) is 3.72. The van der Waals surface area contributed by atoms with Crippen LogP contribution in [0.5, 0.6) is 5.75 Å². The lowest BCUT2D eigenvalue weighted by Gasteiger charge is -2.15. The summed E-state index contributed by atoms with van der Waals surface area (Å²) in [5.74, 6) is 0.742. The van der Waals surface area contributed by atoms with E-state index < -0.39 is 0 Å². The number of pyridine rings is 2. The molecule has 198 valence electrons. The first-order valence-electron chi connectivity index (χ1n) is 13.5. The molecule has 10 heteroatoms. The number of halogens is 1. The molecule has 0 aliphatic carbocycles. The normalized spacial score (nSPS) is 16.3. The molecule has 6 heterocycles. The van der Waals surface area contributed by atoms with Crippen LogP contribution in [-0.4, -0.2) is 74.4 Å². The zero-order valence-electron chi connectivity index (χ0n) is 21.5. The van der Waals surface area contributed by atoms with Gasteiger partial charge in [-0.3, -0.25) is 15.0 Å². The average molecular weight is 525 g/mol. The van der Waals surface area contributed by atoms with Gasteiger partial charge in [0.05, 0.1) is 16.6 Å². The van der Waals surface area contributed by atoms with E-state index in [1.165, 1.54) is 30.5 Å². The molecule has 39 heavy (non-hydrogen) atoms. The molecule has 0 saturated carbocycles. The van der Waals surface area contributed by atoms with Crippen LogP contribution >= 0.6 is 0 Å². The van der Waals surface area contributed by atoms with E-state index in [9.17, 15) is 4.39 Å². The maximum absolute atomic E-state index is 14.7. The Kier molecular flexibility index (Phi) is 6.26. The number of fused-ring (bicyclic) bond motifs is 2. The van der Waals surface area contributed by atoms with Crippen LogP contribution in [0, 0.1) is 5.82 Å². The Morgan fingerprint density at radius 1 is 1.05 bits per heavy atom. The first-order chi connectivity index (χ1) is 19.2. The third-order valence-electron chi connectivity index (χ3n) is 7.50. The Labute approximate surface area is 224 Å². The summed E-state index contributed by atoms with van der Waals surface area (Å²) in [6.07, 6.45) is 9.19. The molecule has 0 bridgehead atoms. The second-order valence-corrected chi connectivity index (χ2v) is 10.1. The van der Waals surface area contributed by atoms with E-state index in [4.69, 9.17) is 9.72 Å². The number of ether oxygens (including phenoxy) is 1. The zero-order valence-corrected chi connectivity index (χ0v) is 21.5. The molecule has 0 radical (unpaired) electrons. The van der Waals surface area contributed by atoms with Crippen LogP contribution in [0.2, 0.25) is 0 Å². The molecule has 4 aromatic heterocycles. The van der Waals surface area contributed by atoms with Crippen molar-refractivity contribution in [3.63, 3.8) is 0 Å². The van der Waals surface area contributed by atoms with Gasteiger partial charge in [0.2, 0.25) is 0 Å². The fraction of sp³-hybridized carbons (Fsp3) is 0.310. The molecule has 1 saturated heterocycles. The van der Waals surface area contributed by atoms with Crippen molar-refractivity contribution in [2.45, 2.75) is 19.3 Å². The lowest BCUT2D eigenvalue weighted by molar-refractivity contribution is 0.237. The Morgan fingerprint density at radius 3 is 2.85 bits per heavy atom. The summed E-state index contributed by atoms with van der Waals surface area (Å²) in [7, 11) is 0. The van der Waals surface area contributed by atoms with Gasteiger partial charge < -0.3 is 15.0 Å². The Bertz CT molecular complexity index is 1680. The van der Waals surface area contributed by atoms with E-state index in [0.717, 1.165) is 61.3 Å². The molecule has 1 fully saturated rings. The van der Waals surface area contributed by atoms with Crippen molar-refractivity contribution in [1.82, 2.24) is 40.3 Å². The molecule has 5 aromatic rings. The van der Waals surface area contributed by atoms with Crippen LogP contribution in [0.4, 0.5) is 4.39 Å². The summed E-state index contributed by atoms with van der Waals surface area (Å²) in [6.45, 7) is 5.37. The number of imidazole rings is 1. The Hall–Kier alpha value is -4.15. The van der Waals surface area contributed by atoms with Crippen LogP contribution < -0.4 is 10.1 Å². The summed E-state index contributed by atoms with van der Waals surface area (Å²) in [5.41, 5.74) is 6.38. The number of likely N-dealkylation sites (tertiary alicyclic amines) is 1. The van der Waals surface area contributed by atoms with Gasteiger partial charge in [-0.2, -0.15) is 5.10 Å². The molecule has 2 aliphatic rings. The van der Waals surface area contributed by atoms with E-state index >= 15 is 0 Å². The Balaban J connectivity index is 1.22. The molecule has 0 atom stereocenters. The molecule has 3 N–H and O–H groups in total. The molecule has 2 aliphatic heterocycles. The number of rotatable bonds is 7. The number of aromatic nitrogens is 6. The first-order valence-corrected chi connectivity index (χ1v) is 13.5. The summed E-state index contributed by atoms with van der Waals surface area (Å²) in [5, 5.41) is 11.7. The third-order valence-corrected chi connectivity index (χ3v) is 7.50. The monoisotopic (exact) mass is 524 g/mol. The molecule has 1 aromatic carbocycles. The highest BCUT2D eigenvalue weighted by atomic mass is 19.1. The van der Waals surface area contributed by atoms with Gasteiger partial charge in [0.15, 0.2) is 11.5 Å². The smallest absolute Gasteiger partial charge is 0.181 e. The lowest BCUT2D eigenvalue weighted by atomic mass is 10.0. The van der Waals surface area contributed by atoms with Gasteiger partial charge >= 0.3 is 0 Å². The van der Waals surface area contributed by atoms with E-state index in [1.54, 1.807) is 6.20 Å². The molecule has 7 rings (SSSR count). The number of benzene rings is 1. The zero-order chi connectivity index (χ0) is 26.2. The van der Waals surface area contributed by atoms with Crippen molar-refractivity contribution in [1.29, 1.82) is 0 Å². The van der Waals surface area contributed by atoms with Crippen molar-refractivity contribution in [2.24, 2.45) is 0 Å². The highest BCUT2D eigenvalue weighted by molar-refractivity contribution is 5.96. The van der Waals surface area contributed by atoms with Gasteiger partial charge in [-0.1, -0.05) is 6.08 Å². The predicted molar refractivity (Wildman–Crippen MR) is 149 cm³/mol. The van der Waals surface area contributed by atoms with E-state index in [1.807, 2.05) is 18.3 Å². The van der Waals surface area contributed by atoms with Crippen molar-refractivity contribution in [3.05, 3.63) is 60.2 Å². The number of H-pyrrole nitrogens is 2. The standard InChI is InChI=1S/C29H29FN8O/c30-21-13-19(14-22(16-21)39-12-11-38-9-1-2-10-38)25-27-24(5-8-32-25)34-29(35-27)26-23-15-20(17-33-28(23)37-36-26)18-3-6-31-7-4-18/h3,5,8,13-17,31H,1-2,4,6-7,9-12H2,(H,34,35)(H,33,36,37). The minimum absolute atomic E-state index is 0.372. The second kappa shape index (κ2) is 10.2. The van der Waals surface area contributed by atoms with Gasteiger partial charge in [0.25, 0.3) is 0 Å². The molecule has 0 amide bonds. The SMILES string of the molecule is Fc1cc(OCCN2CCCC2)cc(-c2nccc3[nH]c(-c4[nH]nc5ncc(C6=CCNCC6)cc45)nc23)c1. The molecule has 0 spiro atoms. The Morgan fingerprint density at radius 2 is 1.97 bits per heavy atom. The first kappa shape index (κ1) is 23.9. The summed E-state index contributed by atoms with van der Waals surface area (Å²) in [4.78, 5) is 19.8. The van der Waals surface area contributed by atoms with Gasteiger partial charge in [-0.25, -0.2) is 14.4 Å². The predicted octanol–water partition coefficient (Wildman–Crippen LogP) is 4.55. The van der Waals surface area contributed by atoms with Crippen molar-refractivity contribution >= 4 is 27.6 Å². The fourth-order valence-electron chi connectivity index (χ4n) is 5.49. The van der Waals surface area contributed by atoms with Gasteiger partial charge in [0, 0.05) is 37.1 Å². The maximum atomic E-state index is 14.7. The van der Waals surface area contributed by atoms with Crippen LogP contribution in [-0.2, 0) is 0 Å². The third kappa shape index (κ3) is 4.77. The topological polar surface area (TPSA) is 108 Å². The van der Waals surface area contributed by atoms with Crippen molar-refractivity contribution in [3.8, 4) is 28.5 Å². The van der Waals surface area contributed by atoms with Crippen LogP contribution in [0.25, 0.3) is 50.4 Å². The van der Waals surface area contributed by atoms with Crippen molar-refractivity contribution in [2.75, 3.05) is 39.3 Å². The minimum atomic E-state index is -0.372. The van der Waals surface area contributed by atoms with E-state index in [2.05, 4.69) is 47.5 Å². The molecular formula is C29H29FN8O. The van der Waals surface area contributed by atoms with Crippen LogP contribution in [0.15, 0.2) is 48.8 Å². The van der Waals surface area contributed by atoms with E-state index in [-0.39, 0.29) is 5.82 Å². The molecular weight excluding hydrogens is 495 g/mol. The van der Waals surface area contributed by atoms with Crippen molar-refractivity contribution < 1.29 is 9.13 Å². The minimum Gasteiger partial charge on any atom is -0.492 e. The quantitative estimate of drug-likeness (QED) is 0.287. The number of aromatic amines is 2. The number of hydrogen-bond acceptors (Lipinski definition) is 7. The lowest BCUT2D eigenvalue weighted by Crippen LogP contribution is -2.25. The second-order valence-electron chi connectivity index (χ2n) is 10.1. The van der Waals surface area contributed by atoms with Gasteiger partial charge in [-0.15, -0.1) is 0 Å². The van der Waals surface area contributed by atoms with Crippen LogP contribution in [0.3, 0.4) is 0 Å². The molecule has 9 nitrogen and oxygen atoms in total. The van der Waals surface area contributed by atoms with Gasteiger partial charge in [0.1, 0.15) is 29.4 Å². The maximum Gasteiger partial charge on any atom is 0.181 e. The summed E-state index contributed by atoms with van der Waals surface area (Å²) >= 11 is 0.